The van der Waals surface area contributed by atoms with Gasteiger partial charge in [-0.3, -0.25) is 0 Å². The quantitative estimate of drug-likeness (QED) is 0.255. The monoisotopic (exact) mass is 496 g/mol. The van der Waals surface area contributed by atoms with Crippen molar-refractivity contribution in [1.82, 2.24) is 0 Å². The predicted molar refractivity (Wildman–Crippen MR) is 144 cm³/mol. The molecule has 4 rings (SSSR count). The van der Waals surface area contributed by atoms with E-state index in [2.05, 4.69) is 51.1 Å². The van der Waals surface area contributed by atoms with Gasteiger partial charge in [0, 0.05) is 19.3 Å². The maximum Gasteiger partial charge on any atom is 0.109 e. The lowest BCUT2D eigenvalue weighted by molar-refractivity contribution is -0.288. The van der Waals surface area contributed by atoms with Gasteiger partial charge in [-0.25, -0.2) is 0 Å². The number of thiol groups is 1. The first-order valence-electron chi connectivity index (χ1n) is 12.6. The highest BCUT2D eigenvalue weighted by molar-refractivity contribution is 7.80. The van der Waals surface area contributed by atoms with Crippen LogP contribution in [0.4, 0.5) is 0 Å². The van der Waals surface area contributed by atoms with Crippen LogP contribution in [0.5, 0.6) is 0 Å². The third kappa shape index (κ3) is 4.30. The van der Waals surface area contributed by atoms with Crippen LogP contribution in [0.1, 0.15) is 51.2 Å². The zero-order valence-electron chi connectivity index (χ0n) is 21.4. The van der Waals surface area contributed by atoms with Gasteiger partial charge in [0.05, 0.1) is 23.2 Å². The molecule has 2 aromatic carbocycles. The highest BCUT2D eigenvalue weighted by Gasteiger charge is 2.80. The molecule has 190 valence electrons. The molecule has 2 aliphatic rings. The van der Waals surface area contributed by atoms with Gasteiger partial charge in [-0.1, -0.05) is 72.3 Å². The van der Waals surface area contributed by atoms with E-state index in [9.17, 15) is 10.2 Å². The van der Waals surface area contributed by atoms with E-state index in [1.165, 1.54) is 5.57 Å². The van der Waals surface area contributed by atoms with E-state index in [0.29, 0.717) is 25.7 Å². The van der Waals surface area contributed by atoms with Crippen molar-refractivity contribution in [1.29, 1.82) is 0 Å². The van der Waals surface area contributed by atoms with Gasteiger partial charge in [0.15, 0.2) is 0 Å². The van der Waals surface area contributed by atoms with E-state index in [1.54, 1.807) is 7.11 Å². The lowest BCUT2D eigenvalue weighted by Crippen LogP contribution is -2.77. The first-order valence-corrected chi connectivity index (χ1v) is 13.3. The Labute approximate surface area is 215 Å². The zero-order valence-corrected chi connectivity index (χ0v) is 22.3. The van der Waals surface area contributed by atoms with Gasteiger partial charge in [0.2, 0.25) is 0 Å². The minimum absolute atomic E-state index is 0.0943. The number of hydrogen-bond acceptors (Lipinski definition) is 5. The van der Waals surface area contributed by atoms with Crippen LogP contribution in [0.2, 0.25) is 0 Å². The van der Waals surface area contributed by atoms with E-state index in [1.807, 2.05) is 36.4 Å². The molecule has 5 heteroatoms. The molecule has 35 heavy (non-hydrogen) atoms. The Morgan fingerprint density at radius 3 is 2.14 bits per heavy atom. The number of allylic oxidation sites excluding steroid dienone is 1. The summed E-state index contributed by atoms with van der Waals surface area (Å²) in [4.78, 5) is 0. The van der Waals surface area contributed by atoms with Crippen molar-refractivity contribution in [3.8, 4) is 0 Å². The molecule has 1 aliphatic heterocycles. The number of rotatable bonds is 9. The summed E-state index contributed by atoms with van der Waals surface area (Å²) in [5.74, 6) is 0.251. The predicted octanol–water partition coefficient (Wildman–Crippen LogP) is 5.17. The van der Waals surface area contributed by atoms with E-state index < -0.39 is 28.3 Å². The summed E-state index contributed by atoms with van der Waals surface area (Å²) in [5, 5.41) is 24.3. The second-order valence-electron chi connectivity index (χ2n) is 10.8. The molecule has 6 atom stereocenters. The summed E-state index contributed by atoms with van der Waals surface area (Å²) >= 11 is 4.72. The number of hydrogen-bond donors (Lipinski definition) is 3. The molecule has 0 aromatic heterocycles. The van der Waals surface area contributed by atoms with Crippen LogP contribution in [-0.2, 0) is 22.3 Å². The lowest BCUT2D eigenvalue weighted by atomic mass is 9.45. The van der Waals surface area contributed by atoms with Crippen molar-refractivity contribution in [2.45, 2.75) is 81.9 Å². The molecule has 2 fully saturated rings. The normalized spacial score (nSPS) is 36.5. The van der Waals surface area contributed by atoms with Crippen LogP contribution < -0.4 is 0 Å². The molecule has 1 saturated heterocycles. The number of ether oxygens (including phenoxy) is 2. The smallest absolute Gasteiger partial charge is 0.109 e. The number of benzene rings is 2. The van der Waals surface area contributed by atoms with Crippen molar-refractivity contribution in [2.75, 3.05) is 12.9 Å². The van der Waals surface area contributed by atoms with E-state index in [4.69, 9.17) is 22.1 Å². The van der Waals surface area contributed by atoms with Crippen LogP contribution in [-0.4, -0.2) is 52.1 Å². The molecule has 0 amide bonds. The van der Waals surface area contributed by atoms with Gasteiger partial charge in [-0.05, 0) is 57.6 Å². The summed E-state index contributed by atoms with van der Waals surface area (Å²) in [6, 6.07) is 20.3. The first kappa shape index (κ1) is 26.4. The highest BCUT2D eigenvalue weighted by atomic mass is 32.1. The van der Waals surface area contributed by atoms with Crippen molar-refractivity contribution in [3.63, 3.8) is 0 Å². The maximum absolute atomic E-state index is 12.5. The molecule has 6 unspecified atom stereocenters. The third-order valence-corrected chi connectivity index (χ3v) is 9.19. The molecular weight excluding hydrogens is 456 g/mol. The highest BCUT2D eigenvalue weighted by Crippen LogP contribution is 2.68. The van der Waals surface area contributed by atoms with E-state index in [-0.39, 0.29) is 11.9 Å². The Morgan fingerprint density at radius 2 is 1.63 bits per heavy atom. The molecule has 4 nitrogen and oxygen atoms in total. The Hall–Kier alpha value is -1.63. The summed E-state index contributed by atoms with van der Waals surface area (Å²) in [6.45, 7) is 6.27. The molecule has 0 bridgehead atoms. The van der Waals surface area contributed by atoms with Gasteiger partial charge in [0.1, 0.15) is 11.2 Å². The van der Waals surface area contributed by atoms with E-state index >= 15 is 0 Å². The fourth-order valence-electron chi connectivity index (χ4n) is 6.79. The molecule has 0 spiro atoms. The average Bonchev–Trinajstić information content (AvgIpc) is 3.54. The minimum Gasteiger partial charge on any atom is -0.390 e. The Kier molecular flexibility index (Phi) is 7.57. The second kappa shape index (κ2) is 10.0. The number of aliphatic hydroxyl groups is 2. The van der Waals surface area contributed by atoms with Crippen LogP contribution in [0.25, 0.3) is 0 Å². The first-order chi connectivity index (χ1) is 16.7. The SMILES string of the molecule is COC1(Cc2ccccc2)C(O)CCC(O)(CS)C1(Cc1ccccc1)C1(C)OC1CC=C(C)C. The molecule has 1 aliphatic carbocycles. The third-order valence-electron chi connectivity index (χ3n) is 8.67. The van der Waals surface area contributed by atoms with Gasteiger partial charge >= 0.3 is 0 Å². The molecule has 2 aromatic rings. The lowest BCUT2D eigenvalue weighted by Gasteiger charge is -2.64. The van der Waals surface area contributed by atoms with Crippen LogP contribution in [0, 0.1) is 5.41 Å². The van der Waals surface area contributed by atoms with Crippen LogP contribution >= 0.6 is 12.6 Å². The van der Waals surface area contributed by atoms with Gasteiger partial charge in [-0.2, -0.15) is 12.6 Å². The van der Waals surface area contributed by atoms with Gasteiger partial charge in [0.25, 0.3) is 0 Å². The second-order valence-corrected chi connectivity index (χ2v) is 11.1. The minimum atomic E-state index is -1.22. The molecule has 2 N–H and O–H groups in total. The molecule has 0 radical (unpaired) electrons. The van der Waals surface area contributed by atoms with Crippen molar-refractivity contribution < 1.29 is 19.7 Å². The average molecular weight is 497 g/mol. The Balaban J connectivity index is 1.96. The Morgan fingerprint density at radius 1 is 1.06 bits per heavy atom. The topological polar surface area (TPSA) is 62.2 Å². The fraction of sp³-hybridized carbons (Fsp3) is 0.533. The van der Waals surface area contributed by atoms with E-state index in [0.717, 1.165) is 17.5 Å². The van der Waals surface area contributed by atoms with Crippen molar-refractivity contribution in [2.24, 2.45) is 5.41 Å². The zero-order chi connectivity index (χ0) is 25.3. The molecule has 1 saturated carbocycles. The Bertz CT molecular complexity index is 1020. The number of aliphatic hydroxyl groups excluding tert-OH is 1. The largest absolute Gasteiger partial charge is 0.390 e. The fourth-order valence-corrected chi connectivity index (χ4v) is 7.22. The van der Waals surface area contributed by atoms with Crippen molar-refractivity contribution >= 4 is 12.6 Å². The maximum atomic E-state index is 12.5. The summed E-state index contributed by atoms with van der Waals surface area (Å²) in [6.07, 6.45) is 3.90. The standard InChI is InChI=1S/C30H40O4S/c1-22(2)15-16-26-27(3,34-26)30(20-24-13-9-6-10-14-24)28(32,21-35)18-17-25(31)29(30,33-4)19-23-11-7-5-8-12-23/h5-15,25-26,31-32,35H,16-21H2,1-4H3. The van der Waals surface area contributed by atoms with Gasteiger partial charge < -0.3 is 19.7 Å². The van der Waals surface area contributed by atoms with Gasteiger partial charge in [-0.15, -0.1) is 0 Å². The van der Waals surface area contributed by atoms with Crippen molar-refractivity contribution in [3.05, 3.63) is 83.4 Å². The summed E-state index contributed by atoms with van der Waals surface area (Å²) in [7, 11) is 1.67. The summed E-state index contributed by atoms with van der Waals surface area (Å²) in [5.41, 5.74) is -0.626. The molecule has 1 heterocycles. The number of epoxide rings is 1. The molecular formula is C30H40O4S. The number of methoxy groups -OCH3 is 1. The van der Waals surface area contributed by atoms with Crippen LogP contribution in [0.15, 0.2) is 72.3 Å². The summed E-state index contributed by atoms with van der Waals surface area (Å²) < 4.78 is 13.1. The van der Waals surface area contributed by atoms with Crippen LogP contribution in [0.3, 0.4) is 0 Å².